The summed E-state index contributed by atoms with van der Waals surface area (Å²) >= 11 is 0. The van der Waals surface area contributed by atoms with Crippen LogP contribution in [0.4, 0.5) is 32.8 Å². The van der Waals surface area contributed by atoms with E-state index in [-0.39, 0.29) is 18.6 Å². The number of alkyl halides is 3. The minimum absolute atomic E-state index is 0.0831. The van der Waals surface area contributed by atoms with E-state index < -0.39 is 48.4 Å². The predicted octanol–water partition coefficient (Wildman–Crippen LogP) is 5.93. The first-order valence-corrected chi connectivity index (χ1v) is 11.4. The average molecular weight is 528 g/mol. The van der Waals surface area contributed by atoms with E-state index in [9.17, 15) is 27.2 Å². The van der Waals surface area contributed by atoms with Gasteiger partial charge in [0.1, 0.15) is 5.82 Å². The Bertz CT molecular complexity index is 1160. The normalized spacial score (nSPS) is 17.1. The van der Waals surface area contributed by atoms with Crippen molar-refractivity contribution >= 4 is 17.9 Å². The molecule has 0 fully saturated rings. The number of amides is 2. The van der Waals surface area contributed by atoms with Gasteiger partial charge in [0.2, 0.25) is 0 Å². The fourth-order valence-corrected chi connectivity index (χ4v) is 4.44. The molecule has 37 heavy (non-hydrogen) atoms. The van der Waals surface area contributed by atoms with Crippen molar-refractivity contribution in [2.24, 2.45) is 0 Å². The molecule has 0 aromatic heterocycles. The van der Waals surface area contributed by atoms with Gasteiger partial charge < -0.3 is 18.9 Å². The van der Waals surface area contributed by atoms with E-state index in [1.54, 1.807) is 26.0 Å². The Kier molecular flexibility index (Phi) is 8.39. The number of anilines is 1. The summed E-state index contributed by atoms with van der Waals surface area (Å²) in [4.78, 5) is 28.4. The van der Waals surface area contributed by atoms with Crippen molar-refractivity contribution in [3.05, 3.63) is 52.8 Å². The molecule has 0 spiro atoms. The van der Waals surface area contributed by atoms with E-state index in [0.717, 1.165) is 19.2 Å². The quantitative estimate of drug-likeness (QED) is 0.433. The van der Waals surface area contributed by atoms with Crippen LogP contribution in [0.25, 0.3) is 0 Å². The summed E-state index contributed by atoms with van der Waals surface area (Å²) in [6, 6.07) is 3.97. The third kappa shape index (κ3) is 5.83. The largest absolute Gasteiger partial charge is 0.493 e. The molecule has 0 N–H and O–H groups in total. The van der Waals surface area contributed by atoms with Crippen LogP contribution in [0.3, 0.4) is 0 Å². The summed E-state index contributed by atoms with van der Waals surface area (Å²) in [6.45, 7) is 3.14. The Labute approximate surface area is 211 Å². The van der Waals surface area contributed by atoms with Crippen molar-refractivity contribution < 1.29 is 46.1 Å². The summed E-state index contributed by atoms with van der Waals surface area (Å²) in [5, 5.41) is 0. The number of hydrogen-bond acceptors (Lipinski definition) is 6. The maximum atomic E-state index is 14.1. The molecule has 0 radical (unpaired) electrons. The van der Waals surface area contributed by atoms with Gasteiger partial charge in [-0.15, -0.1) is 0 Å². The molecule has 0 bridgehead atoms. The average Bonchev–Trinajstić information content (AvgIpc) is 2.84. The lowest BCUT2D eigenvalue weighted by molar-refractivity contribution is -0.137. The second-order valence-corrected chi connectivity index (χ2v) is 8.38. The zero-order valence-electron chi connectivity index (χ0n) is 21.0. The summed E-state index contributed by atoms with van der Waals surface area (Å²) in [5.74, 6) is -0.473. The molecule has 0 aliphatic carbocycles. The van der Waals surface area contributed by atoms with Crippen molar-refractivity contribution in [1.29, 1.82) is 0 Å². The van der Waals surface area contributed by atoms with Gasteiger partial charge in [-0.1, -0.05) is 0 Å². The molecule has 1 aliphatic heterocycles. The van der Waals surface area contributed by atoms with Crippen LogP contribution in [-0.2, 0) is 22.2 Å². The minimum Gasteiger partial charge on any atom is -0.493 e. The van der Waals surface area contributed by atoms with Crippen molar-refractivity contribution in [3.63, 3.8) is 0 Å². The summed E-state index contributed by atoms with van der Waals surface area (Å²) in [5.41, 5.74) is -0.449. The first kappa shape index (κ1) is 27.9. The smallest absolute Gasteiger partial charge is 0.416 e. The van der Waals surface area contributed by atoms with Crippen molar-refractivity contribution in [2.45, 2.75) is 45.1 Å². The van der Waals surface area contributed by atoms with Crippen LogP contribution in [0.1, 0.15) is 43.0 Å². The van der Waals surface area contributed by atoms with Gasteiger partial charge >= 0.3 is 18.4 Å². The van der Waals surface area contributed by atoms with E-state index >= 15 is 0 Å². The van der Waals surface area contributed by atoms with E-state index in [1.165, 1.54) is 24.0 Å². The number of benzene rings is 2. The number of hydrogen-bond donors (Lipinski definition) is 0. The molecule has 0 saturated heterocycles. The highest BCUT2D eigenvalue weighted by molar-refractivity contribution is 5.91. The van der Waals surface area contributed by atoms with Gasteiger partial charge in [0.25, 0.3) is 0 Å². The highest BCUT2D eigenvalue weighted by atomic mass is 19.4. The number of fused-ring (bicyclic) bond motifs is 1. The fraction of sp³-hybridized carbons (Fsp3) is 0.440. The molecule has 2 atom stereocenters. The second-order valence-electron chi connectivity index (χ2n) is 8.38. The number of rotatable bonds is 6. The highest BCUT2D eigenvalue weighted by Gasteiger charge is 2.40. The molecule has 202 valence electrons. The van der Waals surface area contributed by atoms with Gasteiger partial charge in [-0.25, -0.2) is 14.0 Å². The molecule has 8 nitrogen and oxygen atoms in total. The first-order chi connectivity index (χ1) is 17.4. The number of carbonyl (C=O) groups excluding carboxylic acids is 2. The summed E-state index contributed by atoms with van der Waals surface area (Å²) in [7, 11) is 3.97. The lowest BCUT2D eigenvalue weighted by Gasteiger charge is -2.42. The molecule has 1 aliphatic rings. The highest BCUT2D eigenvalue weighted by Crippen LogP contribution is 2.46. The predicted molar refractivity (Wildman–Crippen MR) is 125 cm³/mol. The lowest BCUT2D eigenvalue weighted by atomic mass is 9.90. The molecule has 0 saturated carbocycles. The number of nitrogens with zero attached hydrogens (tertiary/aromatic N) is 2. The van der Waals surface area contributed by atoms with Crippen LogP contribution in [0.15, 0.2) is 30.3 Å². The zero-order valence-corrected chi connectivity index (χ0v) is 21.0. The Morgan fingerprint density at radius 3 is 2.27 bits per heavy atom. The Balaban J connectivity index is 2.16. The van der Waals surface area contributed by atoms with Crippen LogP contribution < -0.4 is 14.4 Å². The third-order valence-electron chi connectivity index (χ3n) is 6.04. The molecule has 2 aromatic carbocycles. The van der Waals surface area contributed by atoms with Crippen LogP contribution in [0.5, 0.6) is 11.5 Å². The summed E-state index contributed by atoms with van der Waals surface area (Å²) < 4.78 is 75.0. The topological polar surface area (TPSA) is 77.5 Å². The Hall–Kier alpha value is -3.70. The van der Waals surface area contributed by atoms with Crippen LogP contribution in [-0.4, -0.2) is 51.1 Å². The maximum absolute atomic E-state index is 14.1. The molecule has 3 rings (SSSR count). The van der Waals surface area contributed by atoms with E-state index in [2.05, 4.69) is 0 Å². The molecular weight excluding hydrogens is 500 g/mol. The van der Waals surface area contributed by atoms with E-state index in [0.29, 0.717) is 28.8 Å². The third-order valence-corrected chi connectivity index (χ3v) is 6.04. The minimum atomic E-state index is -4.77. The first-order valence-electron chi connectivity index (χ1n) is 11.4. The van der Waals surface area contributed by atoms with Gasteiger partial charge in [-0.2, -0.15) is 13.2 Å². The molecule has 12 heteroatoms. The van der Waals surface area contributed by atoms with Crippen LogP contribution in [0.2, 0.25) is 0 Å². The molecule has 2 amide bonds. The fourth-order valence-electron chi connectivity index (χ4n) is 4.44. The zero-order chi connectivity index (χ0) is 27.5. The molecule has 2 aromatic rings. The Morgan fingerprint density at radius 1 is 1.05 bits per heavy atom. The molecule has 0 unspecified atom stereocenters. The number of ether oxygens (including phenoxy) is 4. The molecule has 1 heterocycles. The second kappa shape index (κ2) is 11.1. The van der Waals surface area contributed by atoms with Crippen LogP contribution >= 0.6 is 0 Å². The SMILES string of the molecule is CCOC(=O)N1c2cc(OC)c(OC)cc2[C@H](N(Cc2cc(F)cc(C(F)(F)F)c2)C(=O)OC)C[C@@H]1C. The van der Waals surface area contributed by atoms with Crippen LogP contribution in [0, 0.1) is 5.82 Å². The van der Waals surface area contributed by atoms with E-state index in [4.69, 9.17) is 18.9 Å². The lowest BCUT2D eigenvalue weighted by Crippen LogP contribution is -2.47. The van der Waals surface area contributed by atoms with Gasteiger partial charge in [-0.3, -0.25) is 9.80 Å². The maximum Gasteiger partial charge on any atom is 0.416 e. The standard InChI is InChI=1S/C25H28F4N2O6/c1-6-37-24(33)31-14(2)7-19(18-11-21(34-3)22(35-4)12-20(18)31)30(23(32)36-5)13-15-8-16(25(27,28)29)10-17(26)9-15/h8-12,14,19H,6-7,13H2,1-5H3/t14-,19+/m0/s1. The Morgan fingerprint density at radius 2 is 1.70 bits per heavy atom. The van der Waals surface area contributed by atoms with Gasteiger partial charge in [0, 0.05) is 24.2 Å². The van der Waals surface area contributed by atoms with Gasteiger partial charge in [0.05, 0.1) is 45.2 Å². The number of methoxy groups -OCH3 is 3. The monoisotopic (exact) mass is 528 g/mol. The van der Waals surface area contributed by atoms with Gasteiger partial charge in [-0.05, 0) is 50.1 Å². The van der Waals surface area contributed by atoms with Gasteiger partial charge in [0.15, 0.2) is 11.5 Å². The summed E-state index contributed by atoms with van der Waals surface area (Å²) in [6.07, 6.45) is -6.06. The van der Waals surface area contributed by atoms with Crippen molar-refractivity contribution in [1.82, 2.24) is 4.90 Å². The van der Waals surface area contributed by atoms with E-state index in [1.807, 2.05) is 0 Å². The van der Waals surface area contributed by atoms with Crippen molar-refractivity contribution in [2.75, 3.05) is 32.8 Å². The van der Waals surface area contributed by atoms with Crippen molar-refractivity contribution in [3.8, 4) is 11.5 Å². The number of carbonyl (C=O) groups is 2. The molecular formula is C25H28F4N2O6. The number of halogens is 4.